The van der Waals surface area contributed by atoms with E-state index >= 15 is 0 Å². The first-order valence-corrected chi connectivity index (χ1v) is 10.2. The number of ether oxygens (including phenoxy) is 1. The minimum atomic E-state index is -3.38. The maximum Gasteiger partial charge on any atom is 0.232 e. The molecule has 0 unspecified atom stereocenters. The first kappa shape index (κ1) is 18.7. The van der Waals surface area contributed by atoms with Crippen molar-refractivity contribution >= 4 is 27.3 Å². The molecule has 0 aliphatic carbocycles. The minimum absolute atomic E-state index is 0.0194. The van der Waals surface area contributed by atoms with Gasteiger partial charge in [-0.2, -0.15) is 0 Å². The Morgan fingerprint density at radius 3 is 2.42 bits per heavy atom. The molecule has 24 heavy (non-hydrogen) atoms. The molecule has 1 aromatic carbocycles. The Morgan fingerprint density at radius 2 is 1.88 bits per heavy atom. The van der Waals surface area contributed by atoms with Crippen LogP contribution in [0.5, 0.6) is 0 Å². The van der Waals surface area contributed by atoms with Crippen molar-refractivity contribution in [3.8, 4) is 0 Å². The van der Waals surface area contributed by atoms with Crippen LogP contribution < -0.4 is 9.62 Å². The lowest BCUT2D eigenvalue weighted by atomic mass is 10.1. The van der Waals surface area contributed by atoms with Crippen molar-refractivity contribution in [2.45, 2.75) is 45.1 Å². The molecular formula is C17H26N2O4S. The van der Waals surface area contributed by atoms with Crippen molar-refractivity contribution in [1.82, 2.24) is 0 Å². The number of hydrogen-bond donors (Lipinski definition) is 1. The van der Waals surface area contributed by atoms with Crippen molar-refractivity contribution in [3.05, 3.63) is 24.3 Å². The normalized spacial score (nSPS) is 15.9. The van der Waals surface area contributed by atoms with Crippen LogP contribution >= 0.6 is 0 Å². The largest absolute Gasteiger partial charge is 0.381 e. The summed E-state index contributed by atoms with van der Waals surface area (Å²) in [6.45, 7) is 3.18. The van der Waals surface area contributed by atoms with Crippen molar-refractivity contribution in [2.75, 3.05) is 29.1 Å². The highest BCUT2D eigenvalue weighted by Crippen LogP contribution is 2.27. The van der Waals surface area contributed by atoms with Crippen LogP contribution in [0.1, 0.15) is 39.0 Å². The summed E-state index contributed by atoms with van der Waals surface area (Å²) in [5.41, 5.74) is 1.30. The van der Waals surface area contributed by atoms with Gasteiger partial charge in [-0.15, -0.1) is 0 Å². The smallest absolute Gasteiger partial charge is 0.232 e. The predicted octanol–water partition coefficient (Wildman–Crippen LogP) is 2.76. The zero-order valence-electron chi connectivity index (χ0n) is 14.3. The number of carbonyl (C=O) groups excluding carboxylic acids is 1. The summed E-state index contributed by atoms with van der Waals surface area (Å²) in [7, 11) is -3.38. The molecule has 1 aliphatic heterocycles. The zero-order valence-corrected chi connectivity index (χ0v) is 15.1. The van der Waals surface area contributed by atoms with E-state index < -0.39 is 10.0 Å². The average Bonchev–Trinajstić information content (AvgIpc) is 2.54. The Bertz CT molecular complexity index is 637. The summed E-state index contributed by atoms with van der Waals surface area (Å²) in [6.07, 6.45) is 4.92. The second-order valence-electron chi connectivity index (χ2n) is 6.10. The van der Waals surface area contributed by atoms with Crippen molar-refractivity contribution < 1.29 is 17.9 Å². The molecule has 7 heteroatoms. The summed E-state index contributed by atoms with van der Waals surface area (Å²) in [5, 5.41) is 2.83. The molecule has 1 aromatic rings. The second kappa shape index (κ2) is 8.48. The molecule has 0 atom stereocenters. The SMILES string of the molecule is CCCCC(=O)Nc1ccc(N(C2CCOCC2)S(C)(=O)=O)cc1. The molecule has 0 radical (unpaired) electrons. The topological polar surface area (TPSA) is 75.7 Å². The Morgan fingerprint density at radius 1 is 1.25 bits per heavy atom. The highest BCUT2D eigenvalue weighted by atomic mass is 32.2. The summed E-state index contributed by atoms with van der Waals surface area (Å²) < 4.78 is 31.2. The Labute approximate surface area is 144 Å². The van der Waals surface area contributed by atoms with Gasteiger partial charge < -0.3 is 10.1 Å². The van der Waals surface area contributed by atoms with E-state index in [2.05, 4.69) is 5.32 Å². The van der Waals surface area contributed by atoms with E-state index in [1.807, 2.05) is 6.92 Å². The van der Waals surface area contributed by atoms with E-state index in [-0.39, 0.29) is 11.9 Å². The van der Waals surface area contributed by atoms with Crippen LogP contribution in [-0.4, -0.2) is 39.8 Å². The fraction of sp³-hybridized carbons (Fsp3) is 0.588. The minimum Gasteiger partial charge on any atom is -0.381 e. The van der Waals surface area contributed by atoms with Gasteiger partial charge in [0.05, 0.1) is 11.9 Å². The quantitative estimate of drug-likeness (QED) is 0.817. The van der Waals surface area contributed by atoms with Crippen LogP contribution in [0.15, 0.2) is 24.3 Å². The predicted molar refractivity (Wildman–Crippen MR) is 95.8 cm³/mol. The van der Waals surface area contributed by atoms with E-state index in [1.165, 1.54) is 10.6 Å². The fourth-order valence-electron chi connectivity index (χ4n) is 2.85. The van der Waals surface area contributed by atoms with Gasteiger partial charge in [0.15, 0.2) is 0 Å². The van der Waals surface area contributed by atoms with Gasteiger partial charge in [-0.3, -0.25) is 9.10 Å². The Balaban J connectivity index is 2.12. The van der Waals surface area contributed by atoms with Crippen LogP contribution in [0.4, 0.5) is 11.4 Å². The van der Waals surface area contributed by atoms with E-state index in [1.54, 1.807) is 24.3 Å². The van der Waals surface area contributed by atoms with Crippen molar-refractivity contribution in [1.29, 1.82) is 0 Å². The highest BCUT2D eigenvalue weighted by molar-refractivity contribution is 7.92. The molecule has 1 amide bonds. The third-order valence-electron chi connectivity index (χ3n) is 4.04. The van der Waals surface area contributed by atoms with Crippen LogP contribution in [0.2, 0.25) is 0 Å². The van der Waals surface area contributed by atoms with Gasteiger partial charge in [0.2, 0.25) is 15.9 Å². The number of anilines is 2. The van der Waals surface area contributed by atoms with Crippen LogP contribution in [0, 0.1) is 0 Å². The fourth-order valence-corrected chi connectivity index (χ4v) is 4.10. The molecule has 1 saturated heterocycles. The van der Waals surface area contributed by atoms with Gasteiger partial charge in [-0.1, -0.05) is 13.3 Å². The molecule has 6 nitrogen and oxygen atoms in total. The summed E-state index contributed by atoms with van der Waals surface area (Å²) >= 11 is 0. The van der Waals surface area contributed by atoms with Gasteiger partial charge in [0.25, 0.3) is 0 Å². The number of hydrogen-bond acceptors (Lipinski definition) is 4. The molecule has 2 rings (SSSR count). The second-order valence-corrected chi connectivity index (χ2v) is 7.96. The molecule has 134 valence electrons. The number of carbonyl (C=O) groups is 1. The monoisotopic (exact) mass is 354 g/mol. The lowest BCUT2D eigenvalue weighted by Crippen LogP contribution is -2.43. The number of nitrogens with one attached hydrogen (secondary N) is 1. The number of nitrogens with zero attached hydrogens (tertiary/aromatic N) is 1. The van der Waals surface area contributed by atoms with Crippen molar-refractivity contribution in [2.24, 2.45) is 0 Å². The number of amides is 1. The molecule has 0 bridgehead atoms. The maximum absolute atomic E-state index is 12.2. The third kappa shape index (κ3) is 5.21. The van der Waals surface area contributed by atoms with Crippen molar-refractivity contribution in [3.63, 3.8) is 0 Å². The number of sulfonamides is 1. The van der Waals surface area contributed by atoms with Crippen LogP contribution in [0.3, 0.4) is 0 Å². The van der Waals surface area contributed by atoms with Crippen LogP contribution in [-0.2, 0) is 19.6 Å². The molecule has 1 aliphatic rings. The molecule has 0 spiro atoms. The molecule has 0 saturated carbocycles. The van der Waals surface area contributed by atoms with Gasteiger partial charge in [0.1, 0.15) is 0 Å². The number of rotatable bonds is 7. The Hall–Kier alpha value is -1.60. The molecular weight excluding hydrogens is 328 g/mol. The lowest BCUT2D eigenvalue weighted by Gasteiger charge is -2.34. The summed E-state index contributed by atoms with van der Waals surface area (Å²) in [4.78, 5) is 11.8. The average molecular weight is 354 g/mol. The van der Waals surface area contributed by atoms with Gasteiger partial charge >= 0.3 is 0 Å². The van der Waals surface area contributed by atoms with E-state index in [0.29, 0.717) is 43.9 Å². The van der Waals surface area contributed by atoms with Crippen LogP contribution in [0.25, 0.3) is 0 Å². The van der Waals surface area contributed by atoms with Gasteiger partial charge in [0, 0.05) is 31.4 Å². The summed E-state index contributed by atoms with van der Waals surface area (Å²) in [6, 6.07) is 6.89. The molecule has 1 heterocycles. The molecule has 1 fully saturated rings. The van der Waals surface area contributed by atoms with E-state index in [9.17, 15) is 13.2 Å². The highest BCUT2D eigenvalue weighted by Gasteiger charge is 2.28. The maximum atomic E-state index is 12.2. The standard InChI is InChI=1S/C17H26N2O4S/c1-3-4-5-17(20)18-14-6-8-15(9-7-14)19(24(2,21)22)16-10-12-23-13-11-16/h6-9,16H,3-5,10-13H2,1-2H3,(H,18,20). The first-order chi connectivity index (χ1) is 11.4. The van der Waals surface area contributed by atoms with E-state index in [4.69, 9.17) is 4.74 Å². The number of benzene rings is 1. The van der Waals surface area contributed by atoms with Gasteiger partial charge in [-0.05, 0) is 43.5 Å². The molecule has 0 aromatic heterocycles. The molecule has 1 N–H and O–H groups in total. The third-order valence-corrected chi connectivity index (χ3v) is 5.27. The first-order valence-electron chi connectivity index (χ1n) is 8.39. The summed E-state index contributed by atoms with van der Waals surface area (Å²) in [5.74, 6) is -0.0194. The van der Waals surface area contributed by atoms with Gasteiger partial charge in [-0.25, -0.2) is 8.42 Å². The Kier molecular flexibility index (Phi) is 6.62. The lowest BCUT2D eigenvalue weighted by molar-refractivity contribution is -0.116. The van der Waals surface area contributed by atoms with E-state index in [0.717, 1.165) is 12.8 Å². The number of unbranched alkanes of at least 4 members (excludes halogenated alkanes) is 1. The zero-order chi connectivity index (χ0) is 17.6.